The molecular weight excluding hydrogens is 310 g/mol. The largest absolute Gasteiger partial charge is 0.376 e. The van der Waals surface area contributed by atoms with Crippen LogP contribution < -0.4 is 5.32 Å². The van der Waals surface area contributed by atoms with E-state index in [-0.39, 0.29) is 18.0 Å². The van der Waals surface area contributed by atoms with Crippen molar-refractivity contribution >= 4 is 28.4 Å². The van der Waals surface area contributed by atoms with E-state index in [1.807, 2.05) is 29.5 Å². The zero-order chi connectivity index (χ0) is 10.8. The minimum Gasteiger partial charge on any atom is -0.376 e. The second-order valence-electron chi connectivity index (χ2n) is 3.60. The van der Waals surface area contributed by atoms with Gasteiger partial charge in [-0.25, -0.2) is 9.37 Å². The average molecular weight is 322 g/mol. The number of rotatable bonds is 2. The van der Waals surface area contributed by atoms with Gasteiger partial charge < -0.3 is 10.1 Å². The first-order valence-electron chi connectivity index (χ1n) is 4.86. The maximum absolute atomic E-state index is 13.5. The van der Waals surface area contributed by atoms with E-state index >= 15 is 0 Å². The minimum absolute atomic E-state index is 0.116. The lowest BCUT2D eigenvalue weighted by molar-refractivity contribution is 0.121. The first-order valence-corrected chi connectivity index (χ1v) is 5.94. The topological polar surface area (TPSA) is 34.1 Å². The number of hydrogen-bond donors (Lipinski definition) is 1. The highest BCUT2D eigenvalue weighted by Gasteiger charge is 2.25. The van der Waals surface area contributed by atoms with Crippen molar-refractivity contribution in [3.63, 3.8) is 0 Å². The number of halogens is 2. The minimum atomic E-state index is -0.305. The van der Waals surface area contributed by atoms with Gasteiger partial charge in [-0.05, 0) is 42.0 Å². The number of ether oxygens (including phenoxy) is 1. The monoisotopic (exact) mass is 322 g/mol. The van der Waals surface area contributed by atoms with Gasteiger partial charge in [0.15, 0.2) is 11.6 Å². The summed E-state index contributed by atoms with van der Waals surface area (Å²) in [5, 5.41) is 3.07. The van der Waals surface area contributed by atoms with Crippen LogP contribution in [-0.2, 0) is 4.74 Å². The molecule has 1 aliphatic rings. The van der Waals surface area contributed by atoms with E-state index < -0.39 is 0 Å². The number of nitrogens with one attached hydrogen (secondary N) is 1. The molecular formula is C10H12FIN2O. The molecule has 0 spiro atoms. The van der Waals surface area contributed by atoms with E-state index in [1.165, 1.54) is 6.07 Å². The Bertz CT molecular complexity index is 361. The quantitative estimate of drug-likeness (QED) is 0.849. The molecule has 0 bridgehead atoms. The zero-order valence-corrected chi connectivity index (χ0v) is 10.5. The van der Waals surface area contributed by atoms with Crippen molar-refractivity contribution in [2.24, 2.45) is 0 Å². The molecule has 82 valence electrons. The van der Waals surface area contributed by atoms with Gasteiger partial charge in [0.25, 0.3) is 0 Å². The molecule has 0 radical (unpaired) electrons. The van der Waals surface area contributed by atoms with Crippen molar-refractivity contribution < 1.29 is 9.13 Å². The van der Waals surface area contributed by atoms with Crippen LogP contribution in [-0.4, -0.2) is 23.7 Å². The van der Waals surface area contributed by atoms with Crippen LogP contribution in [0, 0.1) is 9.39 Å². The molecule has 2 heterocycles. The fourth-order valence-electron chi connectivity index (χ4n) is 1.62. The number of aromatic nitrogens is 1. The Kier molecular flexibility index (Phi) is 3.40. The van der Waals surface area contributed by atoms with E-state index in [1.54, 1.807) is 6.20 Å². The van der Waals surface area contributed by atoms with Crippen LogP contribution >= 0.6 is 22.6 Å². The van der Waals surface area contributed by atoms with Crippen LogP contribution in [0.15, 0.2) is 12.3 Å². The first-order chi connectivity index (χ1) is 7.16. The summed E-state index contributed by atoms with van der Waals surface area (Å²) in [6.07, 6.45) is 2.66. The molecule has 1 aliphatic heterocycles. The number of pyridine rings is 1. The standard InChI is InChI=1S/C10H12FIN2O/c1-6-9(2-3-15-6)14-10-8(11)4-7(12)5-13-10/h4-6,9H,2-3H2,1H3,(H,13,14). The maximum Gasteiger partial charge on any atom is 0.166 e. The van der Waals surface area contributed by atoms with E-state index in [4.69, 9.17) is 4.74 Å². The molecule has 1 fully saturated rings. The van der Waals surface area contributed by atoms with Gasteiger partial charge in [-0.3, -0.25) is 0 Å². The van der Waals surface area contributed by atoms with Gasteiger partial charge in [-0.15, -0.1) is 0 Å². The third-order valence-corrected chi connectivity index (χ3v) is 3.10. The van der Waals surface area contributed by atoms with Crippen molar-refractivity contribution in [3.8, 4) is 0 Å². The van der Waals surface area contributed by atoms with Crippen LogP contribution in [0.4, 0.5) is 10.2 Å². The Labute approximate surface area is 102 Å². The molecule has 15 heavy (non-hydrogen) atoms. The van der Waals surface area contributed by atoms with Crippen LogP contribution in [0.2, 0.25) is 0 Å². The fraction of sp³-hybridized carbons (Fsp3) is 0.500. The lowest BCUT2D eigenvalue weighted by Gasteiger charge is -2.16. The normalized spacial score (nSPS) is 25.5. The van der Waals surface area contributed by atoms with Crippen molar-refractivity contribution in [2.75, 3.05) is 11.9 Å². The molecule has 1 aromatic rings. The molecule has 2 unspecified atom stereocenters. The van der Waals surface area contributed by atoms with Crippen LogP contribution in [0.3, 0.4) is 0 Å². The summed E-state index contributed by atoms with van der Waals surface area (Å²) < 4.78 is 19.6. The zero-order valence-electron chi connectivity index (χ0n) is 8.34. The van der Waals surface area contributed by atoms with Gasteiger partial charge in [-0.2, -0.15) is 0 Å². The smallest absolute Gasteiger partial charge is 0.166 e. The van der Waals surface area contributed by atoms with Gasteiger partial charge in [-0.1, -0.05) is 0 Å². The van der Waals surface area contributed by atoms with E-state index in [0.717, 1.165) is 16.6 Å². The Morgan fingerprint density at radius 1 is 1.67 bits per heavy atom. The number of nitrogens with zero attached hydrogens (tertiary/aromatic N) is 1. The Balaban J connectivity index is 2.10. The molecule has 2 atom stereocenters. The number of anilines is 1. The number of hydrogen-bond acceptors (Lipinski definition) is 3. The third-order valence-electron chi connectivity index (χ3n) is 2.51. The SMILES string of the molecule is CC1OCCC1Nc1ncc(I)cc1F. The highest BCUT2D eigenvalue weighted by molar-refractivity contribution is 14.1. The summed E-state index contributed by atoms with van der Waals surface area (Å²) in [6.45, 7) is 2.71. The van der Waals surface area contributed by atoms with Crippen LogP contribution in [0.1, 0.15) is 13.3 Å². The summed E-state index contributed by atoms with van der Waals surface area (Å²) in [5.41, 5.74) is 0. The van der Waals surface area contributed by atoms with Gasteiger partial charge in [0.1, 0.15) is 0 Å². The van der Waals surface area contributed by atoms with E-state index in [2.05, 4.69) is 10.3 Å². The highest BCUT2D eigenvalue weighted by atomic mass is 127. The van der Waals surface area contributed by atoms with Crippen LogP contribution in [0.25, 0.3) is 0 Å². The molecule has 1 N–H and O–H groups in total. The fourth-order valence-corrected chi connectivity index (χ4v) is 2.03. The molecule has 0 aromatic carbocycles. The third kappa shape index (κ3) is 2.57. The summed E-state index contributed by atoms with van der Waals surface area (Å²) in [5.74, 6) is 0.0127. The lowest BCUT2D eigenvalue weighted by Crippen LogP contribution is -2.27. The maximum atomic E-state index is 13.5. The van der Waals surface area contributed by atoms with E-state index in [9.17, 15) is 4.39 Å². The van der Waals surface area contributed by atoms with Crippen molar-refractivity contribution in [3.05, 3.63) is 21.7 Å². The summed E-state index contributed by atoms with van der Waals surface area (Å²) in [7, 11) is 0. The molecule has 1 saturated heterocycles. The molecule has 0 amide bonds. The average Bonchev–Trinajstić information content (AvgIpc) is 2.57. The molecule has 3 nitrogen and oxygen atoms in total. The lowest BCUT2D eigenvalue weighted by atomic mass is 10.1. The molecule has 2 rings (SSSR count). The molecule has 1 aromatic heterocycles. The van der Waals surface area contributed by atoms with Crippen LogP contribution in [0.5, 0.6) is 0 Å². The molecule has 0 saturated carbocycles. The van der Waals surface area contributed by atoms with Crippen molar-refractivity contribution in [2.45, 2.75) is 25.5 Å². The predicted octanol–water partition coefficient (Wildman–Crippen LogP) is 2.41. The highest BCUT2D eigenvalue weighted by Crippen LogP contribution is 2.20. The van der Waals surface area contributed by atoms with Gasteiger partial charge in [0, 0.05) is 16.4 Å². The summed E-state index contributed by atoms with van der Waals surface area (Å²) in [6, 6.07) is 1.63. The first kappa shape index (κ1) is 11.1. The summed E-state index contributed by atoms with van der Waals surface area (Å²) >= 11 is 2.04. The summed E-state index contributed by atoms with van der Waals surface area (Å²) in [4.78, 5) is 4.03. The molecule has 5 heteroatoms. The van der Waals surface area contributed by atoms with E-state index in [0.29, 0.717) is 5.82 Å². The Hall–Kier alpha value is -0.430. The van der Waals surface area contributed by atoms with Crippen molar-refractivity contribution in [1.29, 1.82) is 0 Å². The van der Waals surface area contributed by atoms with Gasteiger partial charge in [0.2, 0.25) is 0 Å². The van der Waals surface area contributed by atoms with Gasteiger partial charge in [0.05, 0.1) is 12.1 Å². The van der Waals surface area contributed by atoms with Crippen molar-refractivity contribution in [1.82, 2.24) is 4.98 Å². The van der Waals surface area contributed by atoms with Gasteiger partial charge >= 0.3 is 0 Å². The Morgan fingerprint density at radius 3 is 3.07 bits per heavy atom. The predicted molar refractivity (Wildman–Crippen MR) is 64.4 cm³/mol. The molecule has 0 aliphatic carbocycles. The Morgan fingerprint density at radius 2 is 2.47 bits per heavy atom. The second-order valence-corrected chi connectivity index (χ2v) is 4.85. The second kappa shape index (κ2) is 4.61.